The Labute approximate surface area is 151 Å². The Bertz CT molecular complexity index is 844. The zero-order valence-corrected chi connectivity index (χ0v) is 15.5. The van der Waals surface area contributed by atoms with E-state index in [0.717, 1.165) is 6.42 Å². The number of benzene rings is 1. The first kappa shape index (κ1) is 18.1. The molecule has 1 aliphatic rings. The van der Waals surface area contributed by atoms with Crippen LogP contribution in [0.25, 0.3) is 0 Å². The van der Waals surface area contributed by atoms with Crippen LogP contribution in [0.15, 0.2) is 40.6 Å². The number of carbonyl (C=O) groups excluding carboxylic acids is 1. The number of nitrogens with zero attached hydrogens (tertiary/aromatic N) is 1. The minimum absolute atomic E-state index is 0.0758. The zero-order chi connectivity index (χ0) is 17.9. The predicted molar refractivity (Wildman–Crippen MR) is 96.3 cm³/mol. The lowest BCUT2D eigenvalue weighted by Gasteiger charge is -2.27. The topological polar surface area (TPSA) is 75.7 Å². The number of sulfonamides is 1. The lowest BCUT2D eigenvalue weighted by molar-refractivity contribution is 0.0736. The van der Waals surface area contributed by atoms with Crippen LogP contribution < -0.4 is 4.72 Å². The lowest BCUT2D eigenvalue weighted by atomic mass is 10.1. The van der Waals surface area contributed by atoms with Crippen LogP contribution in [0.1, 0.15) is 20.8 Å². The van der Waals surface area contributed by atoms with Gasteiger partial charge in [0.2, 0.25) is 10.0 Å². The molecule has 0 atom stereocenters. The number of amides is 1. The molecule has 134 valence electrons. The minimum atomic E-state index is -3.59. The molecule has 25 heavy (non-hydrogen) atoms. The lowest BCUT2D eigenvalue weighted by Crippen LogP contribution is -2.35. The fourth-order valence-electron chi connectivity index (χ4n) is 2.74. The monoisotopic (exact) mass is 380 g/mol. The highest BCUT2D eigenvalue weighted by Gasteiger charge is 2.23. The summed E-state index contributed by atoms with van der Waals surface area (Å²) in [6.45, 7) is 1.80. The third kappa shape index (κ3) is 4.09. The molecule has 8 heteroatoms. The van der Waals surface area contributed by atoms with Crippen molar-refractivity contribution in [2.75, 3.05) is 26.8 Å². The number of fused-ring (bicyclic) bond motifs is 1. The summed E-state index contributed by atoms with van der Waals surface area (Å²) in [5, 5.41) is 2.05. The number of ether oxygens (including phenoxy) is 1. The fourth-order valence-corrected chi connectivity index (χ4v) is 4.65. The van der Waals surface area contributed by atoms with Crippen LogP contribution in [-0.2, 0) is 27.7 Å². The third-order valence-electron chi connectivity index (χ3n) is 4.10. The van der Waals surface area contributed by atoms with Gasteiger partial charge < -0.3 is 9.64 Å². The first-order valence-corrected chi connectivity index (χ1v) is 10.3. The second-order valence-corrected chi connectivity index (χ2v) is 8.53. The van der Waals surface area contributed by atoms with Crippen molar-refractivity contribution in [3.05, 3.63) is 51.7 Å². The van der Waals surface area contributed by atoms with E-state index < -0.39 is 10.0 Å². The number of hydrogen-bond donors (Lipinski definition) is 1. The highest BCUT2D eigenvalue weighted by molar-refractivity contribution is 7.89. The number of hydrogen-bond acceptors (Lipinski definition) is 5. The van der Waals surface area contributed by atoms with Crippen molar-refractivity contribution in [2.45, 2.75) is 17.9 Å². The number of rotatable bonds is 6. The van der Waals surface area contributed by atoms with Crippen molar-refractivity contribution >= 4 is 27.3 Å². The van der Waals surface area contributed by atoms with Gasteiger partial charge in [-0.1, -0.05) is 0 Å². The Morgan fingerprint density at radius 2 is 2.04 bits per heavy atom. The van der Waals surface area contributed by atoms with Crippen LogP contribution in [-0.4, -0.2) is 46.0 Å². The zero-order valence-electron chi connectivity index (χ0n) is 13.9. The molecule has 0 saturated heterocycles. The molecule has 0 bridgehead atoms. The van der Waals surface area contributed by atoms with E-state index >= 15 is 0 Å². The van der Waals surface area contributed by atoms with E-state index in [9.17, 15) is 13.2 Å². The van der Waals surface area contributed by atoms with Gasteiger partial charge in [-0.15, -0.1) is 11.3 Å². The smallest absolute Gasteiger partial charge is 0.254 e. The molecule has 3 rings (SSSR count). The van der Waals surface area contributed by atoms with Crippen LogP contribution >= 0.6 is 11.3 Å². The van der Waals surface area contributed by atoms with Crippen molar-refractivity contribution in [1.29, 1.82) is 0 Å². The molecule has 1 aromatic heterocycles. The van der Waals surface area contributed by atoms with E-state index in [4.69, 9.17) is 4.74 Å². The van der Waals surface area contributed by atoms with E-state index in [2.05, 4.69) is 16.2 Å². The van der Waals surface area contributed by atoms with Crippen LogP contribution in [0.5, 0.6) is 0 Å². The van der Waals surface area contributed by atoms with Crippen molar-refractivity contribution < 1.29 is 17.9 Å². The maximum Gasteiger partial charge on any atom is 0.254 e. The molecule has 6 nitrogen and oxygen atoms in total. The van der Waals surface area contributed by atoms with Crippen LogP contribution in [0.3, 0.4) is 0 Å². The molecule has 0 spiro atoms. The Hall–Kier alpha value is -1.74. The van der Waals surface area contributed by atoms with Gasteiger partial charge >= 0.3 is 0 Å². The Morgan fingerprint density at radius 3 is 2.76 bits per heavy atom. The SMILES string of the molecule is COCCNS(=O)(=O)c1ccc(C(=O)N2CCc3sccc3C2)cc1. The number of thiophene rings is 1. The highest BCUT2D eigenvalue weighted by atomic mass is 32.2. The van der Waals surface area contributed by atoms with Gasteiger partial charge in [0.05, 0.1) is 11.5 Å². The van der Waals surface area contributed by atoms with Gasteiger partial charge in [-0.3, -0.25) is 4.79 Å². The van der Waals surface area contributed by atoms with Gasteiger partial charge in [0, 0.05) is 37.2 Å². The average molecular weight is 380 g/mol. The summed E-state index contributed by atoms with van der Waals surface area (Å²) in [7, 11) is -2.08. The van der Waals surface area contributed by atoms with Gasteiger partial charge in [0.25, 0.3) is 5.91 Å². The molecule has 0 radical (unpaired) electrons. The molecule has 0 fully saturated rings. The minimum Gasteiger partial charge on any atom is -0.383 e. The number of carbonyl (C=O) groups is 1. The largest absolute Gasteiger partial charge is 0.383 e. The molecule has 1 aliphatic heterocycles. The van der Waals surface area contributed by atoms with Crippen molar-refractivity contribution in [1.82, 2.24) is 9.62 Å². The molecule has 2 heterocycles. The van der Waals surface area contributed by atoms with Crippen molar-refractivity contribution in [3.8, 4) is 0 Å². The highest BCUT2D eigenvalue weighted by Crippen LogP contribution is 2.25. The molecule has 1 amide bonds. The van der Waals surface area contributed by atoms with Gasteiger partial charge in [-0.05, 0) is 47.7 Å². The molecule has 1 aromatic carbocycles. The van der Waals surface area contributed by atoms with Crippen molar-refractivity contribution in [2.24, 2.45) is 0 Å². The quantitative estimate of drug-likeness (QED) is 0.777. The van der Waals surface area contributed by atoms with Gasteiger partial charge in [0.15, 0.2) is 0 Å². The predicted octanol–water partition coefficient (Wildman–Crippen LogP) is 1.87. The van der Waals surface area contributed by atoms with E-state index in [1.54, 1.807) is 28.4 Å². The maximum atomic E-state index is 12.7. The number of methoxy groups -OCH3 is 1. The molecule has 0 saturated carbocycles. The molecular formula is C17H20N2O4S2. The first-order chi connectivity index (χ1) is 12.0. The van der Waals surface area contributed by atoms with Crippen LogP contribution in [0.2, 0.25) is 0 Å². The maximum absolute atomic E-state index is 12.7. The second-order valence-electron chi connectivity index (χ2n) is 5.76. The normalized spacial score (nSPS) is 14.4. The average Bonchev–Trinajstić information content (AvgIpc) is 3.09. The molecule has 0 unspecified atom stereocenters. The summed E-state index contributed by atoms with van der Waals surface area (Å²) in [4.78, 5) is 15.9. The van der Waals surface area contributed by atoms with E-state index in [-0.39, 0.29) is 17.3 Å². The summed E-state index contributed by atoms with van der Waals surface area (Å²) in [6.07, 6.45) is 0.870. The third-order valence-corrected chi connectivity index (χ3v) is 6.60. The number of nitrogens with one attached hydrogen (secondary N) is 1. The molecule has 1 N–H and O–H groups in total. The standard InChI is InChI=1S/C17H20N2O4S2/c1-23-10-8-18-25(21,22)15-4-2-13(3-5-15)17(20)19-9-6-16-14(12-19)7-11-24-16/h2-5,7,11,18H,6,8-10,12H2,1H3. The van der Waals surface area contributed by atoms with Gasteiger partial charge in [0.1, 0.15) is 0 Å². The second kappa shape index (κ2) is 7.65. The van der Waals surface area contributed by atoms with Crippen molar-refractivity contribution in [3.63, 3.8) is 0 Å². The summed E-state index contributed by atoms with van der Waals surface area (Å²) >= 11 is 1.73. The summed E-state index contributed by atoms with van der Waals surface area (Å²) < 4.78 is 31.6. The summed E-state index contributed by atoms with van der Waals surface area (Å²) in [5.41, 5.74) is 1.70. The summed E-state index contributed by atoms with van der Waals surface area (Å²) in [6, 6.07) is 8.11. The van der Waals surface area contributed by atoms with E-state index in [1.807, 2.05) is 0 Å². The van der Waals surface area contributed by atoms with Crippen LogP contribution in [0.4, 0.5) is 0 Å². The van der Waals surface area contributed by atoms with Gasteiger partial charge in [-0.2, -0.15) is 0 Å². The molecule has 0 aliphatic carbocycles. The Balaban J connectivity index is 1.69. The molecular weight excluding hydrogens is 360 g/mol. The summed E-state index contributed by atoms with van der Waals surface area (Å²) in [5.74, 6) is -0.0758. The van der Waals surface area contributed by atoms with E-state index in [1.165, 1.54) is 29.7 Å². The van der Waals surface area contributed by atoms with E-state index in [0.29, 0.717) is 25.3 Å². The fraction of sp³-hybridized carbons (Fsp3) is 0.353. The van der Waals surface area contributed by atoms with Gasteiger partial charge in [-0.25, -0.2) is 13.1 Å². The Kier molecular flexibility index (Phi) is 5.53. The Morgan fingerprint density at radius 1 is 1.28 bits per heavy atom. The molecule has 2 aromatic rings. The first-order valence-electron chi connectivity index (χ1n) is 7.94. The van der Waals surface area contributed by atoms with Crippen LogP contribution in [0, 0.1) is 0 Å².